The molecule has 0 atom stereocenters. The van der Waals surface area contributed by atoms with Gasteiger partial charge in [-0.1, -0.05) is 31.5 Å². The van der Waals surface area contributed by atoms with Crippen LogP contribution in [0.3, 0.4) is 0 Å². The molecule has 0 aromatic heterocycles. The molecule has 0 aliphatic rings. The van der Waals surface area contributed by atoms with E-state index >= 15 is 0 Å². The Balaban J connectivity index is 1.59. The molecular weight excluding hydrogens is 402 g/mol. The van der Waals surface area contributed by atoms with E-state index in [4.69, 9.17) is 15.2 Å². The van der Waals surface area contributed by atoms with Crippen molar-refractivity contribution in [1.82, 2.24) is 0 Å². The van der Waals surface area contributed by atoms with Gasteiger partial charge in [0.05, 0.1) is 25.6 Å². The number of rotatable bonds is 10. The number of hydrogen-bond acceptors (Lipinski definition) is 5. The van der Waals surface area contributed by atoms with Gasteiger partial charge in [-0.2, -0.15) is 0 Å². The number of nitrogens with two attached hydrogens (primary N) is 1. The highest BCUT2D eigenvalue weighted by Crippen LogP contribution is 2.30. The van der Waals surface area contributed by atoms with Crippen molar-refractivity contribution in [3.63, 3.8) is 0 Å². The minimum Gasteiger partial charge on any atom is -0.493 e. The van der Waals surface area contributed by atoms with Gasteiger partial charge < -0.3 is 25.8 Å². The lowest BCUT2D eigenvalue weighted by Gasteiger charge is -2.12. The Labute approximate surface area is 189 Å². The van der Waals surface area contributed by atoms with Crippen LogP contribution < -0.4 is 25.8 Å². The summed E-state index contributed by atoms with van der Waals surface area (Å²) >= 11 is 0. The molecule has 0 saturated heterocycles. The van der Waals surface area contributed by atoms with E-state index in [9.17, 15) is 4.79 Å². The Morgan fingerprint density at radius 1 is 0.906 bits per heavy atom. The van der Waals surface area contributed by atoms with Gasteiger partial charge in [0, 0.05) is 23.9 Å². The van der Waals surface area contributed by atoms with E-state index in [-0.39, 0.29) is 5.91 Å². The fourth-order valence-corrected chi connectivity index (χ4v) is 3.38. The molecule has 0 spiro atoms. The molecule has 1 amide bonds. The van der Waals surface area contributed by atoms with E-state index in [0.29, 0.717) is 35.0 Å². The lowest BCUT2D eigenvalue weighted by molar-refractivity contribution is 0.102. The van der Waals surface area contributed by atoms with Gasteiger partial charge in [-0.15, -0.1) is 0 Å². The highest BCUT2D eigenvalue weighted by molar-refractivity contribution is 6.05. The summed E-state index contributed by atoms with van der Waals surface area (Å²) in [4.78, 5) is 12.6. The van der Waals surface area contributed by atoms with Crippen LogP contribution in [0, 0.1) is 0 Å². The second-order valence-corrected chi connectivity index (χ2v) is 7.60. The van der Waals surface area contributed by atoms with E-state index in [1.54, 1.807) is 14.2 Å². The highest BCUT2D eigenvalue weighted by atomic mass is 16.5. The quantitative estimate of drug-likeness (QED) is 0.368. The highest BCUT2D eigenvalue weighted by Gasteiger charge is 2.09. The van der Waals surface area contributed by atoms with Crippen LogP contribution in [-0.4, -0.2) is 20.1 Å². The van der Waals surface area contributed by atoms with Crippen molar-refractivity contribution in [3.8, 4) is 11.5 Å². The molecule has 0 heterocycles. The lowest BCUT2D eigenvalue weighted by atomic mass is 10.1. The van der Waals surface area contributed by atoms with Gasteiger partial charge >= 0.3 is 0 Å². The minimum absolute atomic E-state index is 0.183. The van der Waals surface area contributed by atoms with Crippen LogP contribution in [0.15, 0.2) is 60.7 Å². The fourth-order valence-electron chi connectivity index (χ4n) is 3.38. The van der Waals surface area contributed by atoms with Crippen LogP contribution >= 0.6 is 0 Å². The molecule has 32 heavy (non-hydrogen) atoms. The molecule has 0 unspecified atom stereocenters. The average Bonchev–Trinajstić information content (AvgIpc) is 2.82. The molecule has 3 aromatic rings. The van der Waals surface area contributed by atoms with E-state index in [1.807, 2.05) is 60.7 Å². The van der Waals surface area contributed by atoms with Gasteiger partial charge in [0.2, 0.25) is 0 Å². The summed E-state index contributed by atoms with van der Waals surface area (Å²) < 4.78 is 10.6. The van der Waals surface area contributed by atoms with Gasteiger partial charge in [-0.3, -0.25) is 4.79 Å². The summed E-state index contributed by atoms with van der Waals surface area (Å²) in [6.07, 6.45) is 3.25. The van der Waals surface area contributed by atoms with E-state index in [2.05, 4.69) is 17.6 Å². The summed E-state index contributed by atoms with van der Waals surface area (Å²) in [5.41, 5.74) is 11.1. The molecule has 168 valence electrons. The Kier molecular flexibility index (Phi) is 7.97. The van der Waals surface area contributed by atoms with Crippen molar-refractivity contribution >= 4 is 23.0 Å². The van der Waals surface area contributed by atoms with Gasteiger partial charge in [-0.25, -0.2) is 0 Å². The monoisotopic (exact) mass is 433 g/mol. The molecule has 0 radical (unpaired) electrons. The maximum atomic E-state index is 12.6. The molecule has 0 aliphatic heterocycles. The number of aryl methyl sites for hydroxylation is 1. The third-order valence-electron chi connectivity index (χ3n) is 5.28. The zero-order chi connectivity index (χ0) is 22.9. The molecule has 0 aliphatic carbocycles. The third kappa shape index (κ3) is 5.94. The molecule has 6 heteroatoms. The van der Waals surface area contributed by atoms with Crippen LogP contribution in [-0.2, 0) is 13.0 Å². The topological polar surface area (TPSA) is 85.6 Å². The fraction of sp³-hybridized carbons (Fsp3) is 0.269. The Bertz CT molecular complexity index is 1050. The maximum absolute atomic E-state index is 12.6. The number of hydrogen-bond donors (Lipinski definition) is 3. The number of nitrogen functional groups attached to an aromatic ring is 1. The normalized spacial score (nSPS) is 10.5. The summed E-state index contributed by atoms with van der Waals surface area (Å²) in [7, 11) is 3.22. The van der Waals surface area contributed by atoms with Crippen molar-refractivity contribution in [3.05, 3.63) is 77.4 Å². The van der Waals surface area contributed by atoms with Crippen molar-refractivity contribution in [1.29, 1.82) is 0 Å². The van der Waals surface area contributed by atoms with Crippen LogP contribution in [0.4, 0.5) is 17.1 Å². The summed E-state index contributed by atoms with van der Waals surface area (Å²) in [5, 5.41) is 6.26. The maximum Gasteiger partial charge on any atom is 0.255 e. The molecule has 6 nitrogen and oxygen atoms in total. The number of amides is 1. The van der Waals surface area contributed by atoms with E-state index in [0.717, 1.165) is 30.5 Å². The first kappa shape index (κ1) is 23.0. The Hall–Kier alpha value is -3.67. The molecule has 0 fully saturated rings. The molecule has 0 bridgehead atoms. The summed E-state index contributed by atoms with van der Waals surface area (Å²) in [5.74, 6) is 1.17. The number of ether oxygens (including phenoxy) is 2. The zero-order valence-corrected chi connectivity index (χ0v) is 18.9. The number of anilines is 3. The van der Waals surface area contributed by atoms with Crippen LogP contribution in [0.25, 0.3) is 0 Å². The Morgan fingerprint density at radius 2 is 1.62 bits per heavy atom. The van der Waals surface area contributed by atoms with Crippen LogP contribution in [0.2, 0.25) is 0 Å². The number of unbranched alkanes of at least 4 members (excludes halogenated alkanes) is 1. The smallest absolute Gasteiger partial charge is 0.255 e. The zero-order valence-electron chi connectivity index (χ0n) is 18.9. The first-order valence-electron chi connectivity index (χ1n) is 10.8. The molecule has 4 N–H and O–H groups in total. The molecule has 0 saturated carbocycles. The molecule has 3 rings (SSSR count). The van der Waals surface area contributed by atoms with Gasteiger partial charge in [0.15, 0.2) is 11.5 Å². The first-order valence-corrected chi connectivity index (χ1v) is 10.8. The predicted molar refractivity (Wildman–Crippen MR) is 131 cm³/mol. The van der Waals surface area contributed by atoms with Gasteiger partial charge in [0.25, 0.3) is 5.91 Å². The number of nitrogens with one attached hydrogen (secondary N) is 2. The number of carbonyl (C=O) groups is 1. The first-order chi connectivity index (χ1) is 15.5. The van der Waals surface area contributed by atoms with Crippen molar-refractivity contribution in [2.75, 3.05) is 30.6 Å². The SMILES string of the molecule is CCCCc1ccc(NC(=O)c2ccc(CNc3ccc(OC)c(OC)c3)cc2)c(N)c1. The van der Waals surface area contributed by atoms with Crippen LogP contribution in [0.5, 0.6) is 11.5 Å². The second kappa shape index (κ2) is 11.1. The summed E-state index contributed by atoms with van der Waals surface area (Å²) in [6.45, 7) is 2.78. The van der Waals surface area contributed by atoms with E-state index in [1.165, 1.54) is 5.56 Å². The van der Waals surface area contributed by atoms with Crippen molar-refractivity contribution < 1.29 is 14.3 Å². The van der Waals surface area contributed by atoms with Crippen LogP contribution in [0.1, 0.15) is 41.3 Å². The van der Waals surface area contributed by atoms with Gasteiger partial charge in [-0.05, 0) is 60.4 Å². The third-order valence-corrected chi connectivity index (χ3v) is 5.28. The number of methoxy groups -OCH3 is 2. The standard InChI is InChI=1S/C26H31N3O3/c1-4-5-6-18-9-13-23(22(27)15-18)29-26(30)20-10-7-19(8-11-20)17-28-21-12-14-24(31-2)25(16-21)32-3/h7-16,28H,4-6,17,27H2,1-3H3,(H,29,30). The molecule has 3 aromatic carbocycles. The minimum atomic E-state index is -0.183. The van der Waals surface area contributed by atoms with Gasteiger partial charge in [0.1, 0.15) is 0 Å². The van der Waals surface area contributed by atoms with Crippen molar-refractivity contribution in [2.24, 2.45) is 0 Å². The van der Waals surface area contributed by atoms with Crippen molar-refractivity contribution in [2.45, 2.75) is 32.7 Å². The summed E-state index contributed by atoms with van der Waals surface area (Å²) in [6, 6.07) is 19.0. The van der Waals surface area contributed by atoms with E-state index < -0.39 is 0 Å². The lowest BCUT2D eigenvalue weighted by Crippen LogP contribution is -2.13. The number of benzene rings is 3. The largest absolute Gasteiger partial charge is 0.493 e. The average molecular weight is 434 g/mol. The predicted octanol–water partition coefficient (Wildman–Crippen LogP) is 5.49. The Morgan fingerprint density at radius 3 is 2.28 bits per heavy atom. The second-order valence-electron chi connectivity index (χ2n) is 7.60. The molecular formula is C26H31N3O3. The number of carbonyl (C=O) groups excluding carboxylic acids is 1.